The van der Waals surface area contributed by atoms with E-state index in [0.29, 0.717) is 65.0 Å². The molecule has 0 atom stereocenters. The van der Waals surface area contributed by atoms with Crippen LogP contribution >= 0.6 is 11.6 Å². The molecule has 0 amide bonds. The molecule has 0 bridgehead atoms. The monoisotopic (exact) mass is 1360 g/mol. The topological polar surface area (TPSA) is 77.8 Å². The molecule has 0 saturated carbocycles. The number of pyridine rings is 4. The van der Waals surface area contributed by atoms with Crippen LogP contribution in [0.25, 0.3) is 0 Å². The number of nitrogens with zero attached hydrogens (tertiary/aromatic N) is 4. The highest BCUT2D eigenvalue weighted by atomic mass is 35.5. The summed E-state index contributed by atoms with van der Waals surface area (Å²) in [6.07, 6.45) is 5.78. The first-order valence-corrected chi connectivity index (χ1v) is 36.0. The number of ether oxygens (including phenoxy) is 1. The van der Waals surface area contributed by atoms with Crippen molar-refractivity contribution < 1.29 is 13.7 Å². The predicted octanol–water partition coefficient (Wildman–Crippen LogP) is 26.4. The number of halogens is 2. The van der Waals surface area contributed by atoms with E-state index >= 15 is 0 Å². The molecule has 0 spiro atoms. The minimum atomic E-state index is -0.163. The fourth-order valence-corrected chi connectivity index (χ4v) is 9.08. The van der Waals surface area contributed by atoms with E-state index in [-0.39, 0.29) is 5.82 Å². The third-order valence-electron chi connectivity index (χ3n) is 15.7. The Balaban J connectivity index is 0.000000550. The summed E-state index contributed by atoms with van der Waals surface area (Å²) in [5.41, 5.74) is 22.3. The van der Waals surface area contributed by atoms with Crippen LogP contribution in [0.3, 0.4) is 0 Å². The van der Waals surface area contributed by atoms with Crippen LogP contribution in [0.4, 0.5) is 10.2 Å². The van der Waals surface area contributed by atoms with Crippen molar-refractivity contribution in [2.75, 3.05) is 12.8 Å². The van der Waals surface area contributed by atoms with Crippen LogP contribution < -0.4 is 15.0 Å². The van der Waals surface area contributed by atoms with Crippen molar-refractivity contribution in [3.05, 3.63) is 321 Å². The van der Waals surface area contributed by atoms with Gasteiger partial charge in [0.1, 0.15) is 24.4 Å². The lowest BCUT2D eigenvalue weighted by molar-refractivity contribution is -0.680. The van der Waals surface area contributed by atoms with Crippen LogP contribution in [0.2, 0.25) is 5.02 Å². The maximum Gasteiger partial charge on any atom is 0.183 e. The van der Waals surface area contributed by atoms with Crippen LogP contribution in [-0.4, -0.2) is 22.1 Å². The van der Waals surface area contributed by atoms with Crippen molar-refractivity contribution in [2.24, 2.45) is 7.05 Å². The van der Waals surface area contributed by atoms with Gasteiger partial charge in [0.05, 0.1) is 7.11 Å². The third-order valence-corrected chi connectivity index (χ3v) is 16.0. The largest absolute Gasteiger partial charge is 0.497 e. The molecule has 0 fully saturated rings. The van der Waals surface area contributed by atoms with Gasteiger partial charge >= 0.3 is 0 Å². The minimum absolute atomic E-state index is 0.163. The molecule has 10 rings (SSSR count). The maximum atomic E-state index is 12.4. The zero-order chi connectivity index (χ0) is 74.6. The standard InChI is InChI=1S/C10H14O.2C10H14.C9H11Cl.C9H11F.C9H14N.C9H13N.C9H12.C8H12N2.C8H11N/c1-8(2)9-4-6-10(11-3)7-5-9;2*1-8(2)10-6-4-9(3)5-7-10;2*1-7(2)8-3-5-9(10)6-4-8;1-8(2)9-6-4-5-7-10(9)3;1-7(2)9-6-4-5-8(3)10-9;1-8(2)9-6-4-3-5-7-9;1-6(2)7-4-3-5-8(9)10-7;1-7(2)8-4-3-5-9-6-8/h4-8H,1-3H3;2*4-8H,1-3H3;2*3-7H,1-2H3;4-8H,1-3H3;4-7H,1-3H3;3-8H,1-2H3;3-6H,1-2H3,(H2,9,10);3-7H,1-2H3/q;;;;;+1;;;;. The normalized spacial score (nSPS) is 10.3. The second kappa shape index (κ2) is 50.1. The van der Waals surface area contributed by atoms with E-state index in [0.717, 1.165) is 22.2 Å². The number of aromatic nitrogens is 4. The van der Waals surface area contributed by atoms with Gasteiger partial charge in [-0.05, 0) is 180 Å². The van der Waals surface area contributed by atoms with E-state index in [1.165, 1.54) is 73.6 Å². The van der Waals surface area contributed by atoms with Crippen molar-refractivity contribution in [1.82, 2.24) is 15.0 Å². The fourth-order valence-electron chi connectivity index (χ4n) is 8.95. The summed E-state index contributed by atoms with van der Waals surface area (Å²) in [6.45, 7) is 49.6. The highest BCUT2D eigenvalue weighted by molar-refractivity contribution is 6.30. The number of hydrogen-bond donors (Lipinski definition) is 1. The lowest BCUT2D eigenvalue weighted by Crippen LogP contribution is -2.33. The highest BCUT2D eigenvalue weighted by Crippen LogP contribution is 2.21. The Kier molecular flexibility index (Phi) is 44.9. The third kappa shape index (κ3) is 40.4. The van der Waals surface area contributed by atoms with E-state index in [1.54, 1.807) is 19.4 Å². The van der Waals surface area contributed by atoms with Crippen molar-refractivity contribution in [1.29, 1.82) is 0 Å². The number of nitrogens with two attached hydrogens (primary N) is 1. The average Bonchev–Trinajstić information content (AvgIpc) is 1.36. The Morgan fingerprint density at radius 1 is 0.364 bits per heavy atom. The Morgan fingerprint density at radius 3 is 1.03 bits per heavy atom. The van der Waals surface area contributed by atoms with Gasteiger partial charge in [-0.1, -0.05) is 301 Å². The van der Waals surface area contributed by atoms with Crippen LogP contribution in [0, 0.1) is 26.6 Å². The van der Waals surface area contributed by atoms with E-state index in [9.17, 15) is 4.39 Å². The van der Waals surface area contributed by atoms with Gasteiger partial charge in [-0.25, -0.2) is 13.9 Å². The van der Waals surface area contributed by atoms with Gasteiger partial charge in [0.2, 0.25) is 0 Å². The summed E-state index contributed by atoms with van der Waals surface area (Å²) in [7, 11) is 3.76. The molecule has 0 radical (unpaired) electrons. The second-order valence-corrected chi connectivity index (χ2v) is 28.3. The van der Waals surface area contributed by atoms with E-state index in [1.807, 2.05) is 85.9 Å². The molecule has 4 aromatic heterocycles. The zero-order valence-electron chi connectivity index (χ0n) is 65.3. The summed E-state index contributed by atoms with van der Waals surface area (Å²) in [5.74, 6) is 7.23. The number of hydrogen-bond acceptors (Lipinski definition) is 5. The zero-order valence-corrected chi connectivity index (χ0v) is 66.1. The van der Waals surface area contributed by atoms with Gasteiger partial charge in [0, 0.05) is 52.5 Å². The van der Waals surface area contributed by atoms with Gasteiger partial charge in [-0.15, -0.1) is 0 Å². The average molecular weight is 1360 g/mol. The lowest BCUT2D eigenvalue weighted by Gasteiger charge is -2.05. The first-order chi connectivity index (χ1) is 46.8. The van der Waals surface area contributed by atoms with E-state index in [4.69, 9.17) is 22.1 Å². The first-order valence-electron chi connectivity index (χ1n) is 35.6. The number of aryl methyl sites for hydroxylation is 4. The number of methoxy groups -OCH3 is 1. The van der Waals surface area contributed by atoms with Crippen LogP contribution in [0.1, 0.15) is 271 Å². The molecule has 534 valence electrons. The molecule has 6 aromatic carbocycles. The summed E-state index contributed by atoms with van der Waals surface area (Å²) in [5, 5.41) is 0.810. The molecule has 0 aliphatic rings. The number of nitrogen functional groups attached to an aromatic ring is 1. The smallest absolute Gasteiger partial charge is 0.183 e. The highest BCUT2D eigenvalue weighted by Gasteiger charge is 2.08. The van der Waals surface area contributed by atoms with Gasteiger partial charge < -0.3 is 10.5 Å². The molecule has 2 N–H and O–H groups in total. The molecule has 0 aliphatic carbocycles. The Morgan fingerprint density at radius 2 is 0.727 bits per heavy atom. The molecule has 4 heterocycles. The molecule has 8 heteroatoms. The van der Waals surface area contributed by atoms with E-state index < -0.39 is 0 Å². The SMILES string of the molecule is CC(C)c1ccc(Cl)cc1.CC(C)c1ccc(F)cc1.CC(C)c1cccc(N)n1.CC(C)c1cccc[n+]1C.CC(C)c1ccccc1.CC(C)c1cccnc1.COc1ccc(C(C)C)cc1.Cc1ccc(C(C)C)cc1.Cc1ccc(C(C)C)cc1.Cc1cccc(C(C)C)n1. The first kappa shape index (κ1) is 88.8. The van der Waals surface area contributed by atoms with E-state index in [2.05, 4.69) is 312 Å². The summed E-state index contributed by atoms with van der Waals surface area (Å²) >= 11 is 5.72. The molecule has 10 aromatic rings. The Hall–Kier alpha value is -8.26. The molecule has 0 saturated heterocycles. The molecular weight excluding hydrogens is 1230 g/mol. The Labute approximate surface area is 607 Å². The van der Waals surface area contributed by atoms with Gasteiger partial charge in [0.25, 0.3) is 0 Å². The quantitative estimate of drug-likeness (QED) is 0.131. The molecular formula is C91H126ClFN5O+. The summed E-state index contributed by atoms with van der Waals surface area (Å²) in [6, 6.07) is 72.9. The molecule has 99 heavy (non-hydrogen) atoms. The number of rotatable bonds is 11. The van der Waals surface area contributed by atoms with Crippen molar-refractivity contribution in [2.45, 2.75) is 218 Å². The number of anilines is 1. The second-order valence-electron chi connectivity index (χ2n) is 27.9. The summed E-state index contributed by atoms with van der Waals surface area (Å²) in [4.78, 5) is 12.5. The number of benzene rings is 6. The van der Waals surface area contributed by atoms with Crippen molar-refractivity contribution >= 4 is 17.4 Å². The van der Waals surface area contributed by atoms with Gasteiger partial charge in [0.15, 0.2) is 11.9 Å². The van der Waals surface area contributed by atoms with Crippen molar-refractivity contribution in [3.63, 3.8) is 0 Å². The molecule has 0 aliphatic heterocycles. The van der Waals surface area contributed by atoms with Crippen molar-refractivity contribution in [3.8, 4) is 5.75 Å². The van der Waals surface area contributed by atoms with Crippen LogP contribution in [-0.2, 0) is 7.05 Å². The fraction of sp³-hybridized carbons (Fsp3) is 0.385. The van der Waals surface area contributed by atoms with Gasteiger partial charge in [-0.3, -0.25) is 9.97 Å². The summed E-state index contributed by atoms with van der Waals surface area (Å²) < 4.78 is 19.6. The van der Waals surface area contributed by atoms with Crippen LogP contribution in [0.15, 0.2) is 237 Å². The van der Waals surface area contributed by atoms with Crippen LogP contribution in [0.5, 0.6) is 5.75 Å². The lowest BCUT2D eigenvalue weighted by atomic mass is 10.0. The predicted molar refractivity (Wildman–Crippen MR) is 430 cm³/mol. The molecule has 6 nitrogen and oxygen atoms in total. The van der Waals surface area contributed by atoms with Gasteiger partial charge in [-0.2, -0.15) is 0 Å². The molecule has 0 unspecified atom stereocenters. The maximum absolute atomic E-state index is 12.4. The Bertz CT molecular complexity index is 3310. The minimum Gasteiger partial charge on any atom is -0.497 e.